The number of nitrogens with one attached hydrogen (secondary N) is 1. The first-order chi connectivity index (χ1) is 8.42. The molecule has 1 fully saturated rings. The fourth-order valence-corrected chi connectivity index (χ4v) is 1.77. The fraction of sp³-hybridized carbons (Fsp3) is 0.917. The van der Waals surface area contributed by atoms with Crippen LogP contribution in [-0.4, -0.2) is 43.7 Å². The van der Waals surface area contributed by atoms with Gasteiger partial charge in [0.25, 0.3) is 0 Å². The molecule has 0 radical (unpaired) electrons. The monoisotopic (exact) mass is 266 g/mol. The average Bonchev–Trinajstić information content (AvgIpc) is 3.06. The van der Waals surface area contributed by atoms with E-state index in [1.54, 1.807) is 7.05 Å². The molecule has 0 heterocycles. The van der Waals surface area contributed by atoms with Gasteiger partial charge in [-0.25, -0.2) is 0 Å². The van der Waals surface area contributed by atoms with Crippen molar-refractivity contribution in [3.8, 4) is 0 Å². The third-order valence-electron chi connectivity index (χ3n) is 3.01. The number of hydrogen-bond donors (Lipinski definition) is 1. The van der Waals surface area contributed by atoms with Crippen LogP contribution in [-0.2, 0) is 4.79 Å². The molecule has 3 nitrogen and oxygen atoms in total. The summed E-state index contributed by atoms with van der Waals surface area (Å²) >= 11 is 0. The van der Waals surface area contributed by atoms with Crippen molar-refractivity contribution in [3.05, 3.63) is 0 Å². The Balaban J connectivity index is 2.35. The van der Waals surface area contributed by atoms with Gasteiger partial charge in [0.05, 0.1) is 6.42 Å². The first-order valence-corrected chi connectivity index (χ1v) is 6.41. The molecule has 0 aromatic heterocycles. The molecule has 1 aliphatic carbocycles. The van der Waals surface area contributed by atoms with E-state index in [1.807, 2.05) is 0 Å². The summed E-state index contributed by atoms with van der Waals surface area (Å²) in [6.45, 7) is 1.01. The fourth-order valence-electron chi connectivity index (χ4n) is 1.77. The van der Waals surface area contributed by atoms with E-state index in [1.165, 1.54) is 4.90 Å². The van der Waals surface area contributed by atoms with Gasteiger partial charge in [-0.1, -0.05) is 0 Å². The number of hydrogen-bond acceptors (Lipinski definition) is 2. The quantitative estimate of drug-likeness (QED) is 0.683. The summed E-state index contributed by atoms with van der Waals surface area (Å²) in [7, 11) is 1.79. The van der Waals surface area contributed by atoms with Crippen LogP contribution in [0.15, 0.2) is 0 Å². The Morgan fingerprint density at radius 2 is 2.06 bits per heavy atom. The lowest BCUT2D eigenvalue weighted by Gasteiger charge is -2.23. The van der Waals surface area contributed by atoms with Crippen molar-refractivity contribution in [1.29, 1.82) is 0 Å². The molecule has 1 N–H and O–H groups in total. The van der Waals surface area contributed by atoms with Crippen LogP contribution in [0.3, 0.4) is 0 Å². The lowest BCUT2D eigenvalue weighted by atomic mass is 10.2. The molecule has 0 spiro atoms. The van der Waals surface area contributed by atoms with Gasteiger partial charge >= 0.3 is 6.18 Å². The number of rotatable bonds is 8. The number of carbonyl (C=O) groups excluding carboxylic acids is 1. The van der Waals surface area contributed by atoms with E-state index in [2.05, 4.69) is 5.32 Å². The van der Waals surface area contributed by atoms with E-state index >= 15 is 0 Å². The molecule has 0 atom stereocenters. The molecule has 18 heavy (non-hydrogen) atoms. The van der Waals surface area contributed by atoms with Crippen LogP contribution in [0.5, 0.6) is 0 Å². The largest absolute Gasteiger partial charge is 0.390 e. The summed E-state index contributed by atoms with van der Waals surface area (Å²) in [4.78, 5) is 13.2. The Hall–Kier alpha value is -0.780. The van der Waals surface area contributed by atoms with Gasteiger partial charge in [0.1, 0.15) is 0 Å². The van der Waals surface area contributed by atoms with Gasteiger partial charge < -0.3 is 10.2 Å². The molecule has 1 amide bonds. The first kappa shape index (κ1) is 15.3. The van der Waals surface area contributed by atoms with Gasteiger partial charge in [0.15, 0.2) is 0 Å². The van der Waals surface area contributed by atoms with Gasteiger partial charge in [0.2, 0.25) is 5.91 Å². The summed E-state index contributed by atoms with van der Waals surface area (Å²) in [5.41, 5.74) is 0. The van der Waals surface area contributed by atoms with Gasteiger partial charge in [-0.05, 0) is 38.8 Å². The molecule has 1 rings (SSSR count). The molecule has 0 aromatic carbocycles. The summed E-state index contributed by atoms with van der Waals surface area (Å²) in [6, 6.07) is 0. The molecular formula is C12H21F3N2O. The zero-order valence-corrected chi connectivity index (χ0v) is 10.7. The van der Waals surface area contributed by atoms with Crippen molar-refractivity contribution in [3.63, 3.8) is 0 Å². The molecule has 106 valence electrons. The van der Waals surface area contributed by atoms with Crippen LogP contribution in [0.25, 0.3) is 0 Å². The zero-order valence-electron chi connectivity index (χ0n) is 10.7. The highest BCUT2D eigenvalue weighted by atomic mass is 19.4. The van der Waals surface area contributed by atoms with E-state index in [9.17, 15) is 18.0 Å². The van der Waals surface area contributed by atoms with Crippen molar-refractivity contribution < 1.29 is 18.0 Å². The summed E-state index contributed by atoms with van der Waals surface area (Å²) < 4.78 is 36.6. The minimum atomic E-state index is -4.19. The second kappa shape index (κ2) is 6.97. The molecule has 1 aliphatic rings. The summed E-state index contributed by atoms with van der Waals surface area (Å²) in [5.74, 6) is 0.271. The van der Waals surface area contributed by atoms with E-state index in [-0.39, 0.29) is 12.5 Å². The Bertz CT molecular complexity index is 265. The Morgan fingerprint density at radius 3 is 2.56 bits per heavy atom. The lowest BCUT2D eigenvalue weighted by molar-refractivity contribution is -0.145. The highest BCUT2D eigenvalue weighted by molar-refractivity contribution is 5.76. The summed E-state index contributed by atoms with van der Waals surface area (Å²) in [5, 5.41) is 2.92. The highest BCUT2D eigenvalue weighted by Gasteiger charge is 2.31. The third-order valence-corrected chi connectivity index (χ3v) is 3.01. The third kappa shape index (κ3) is 6.83. The minimum absolute atomic E-state index is 0.151. The predicted octanol–water partition coefficient (Wildman–Crippen LogP) is 2.18. The molecule has 0 aliphatic heterocycles. The van der Waals surface area contributed by atoms with E-state index in [0.29, 0.717) is 31.8 Å². The Morgan fingerprint density at radius 1 is 1.39 bits per heavy atom. The lowest BCUT2D eigenvalue weighted by Crippen LogP contribution is -2.36. The molecule has 0 aromatic rings. The molecule has 0 saturated heterocycles. The second-order valence-corrected chi connectivity index (χ2v) is 4.86. The van der Waals surface area contributed by atoms with E-state index in [4.69, 9.17) is 0 Å². The standard InChI is InChI=1S/C12H21F3N2O/c1-16-7-2-3-11(18)17(9-10-4-5-10)8-6-12(13,14)15/h10,16H,2-9H2,1H3. The van der Waals surface area contributed by atoms with Gasteiger partial charge in [-0.2, -0.15) is 13.2 Å². The maximum atomic E-state index is 12.2. The SMILES string of the molecule is CNCCCC(=O)N(CCC(F)(F)F)CC1CC1. The topological polar surface area (TPSA) is 32.3 Å². The number of halogens is 3. The molecule has 0 unspecified atom stereocenters. The predicted molar refractivity (Wildman–Crippen MR) is 63.1 cm³/mol. The minimum Gasteiger partial charge on any atom is -0.342 e. The van der Waals surface area contributed by atoms with Crippen LogP contribution < -0.4 is 5.32 Å². The van der Waals surface area contributed by atoms with Gasteiger partial charge in [0, 0.05) is 19.5 Å². The molecule has 6 heteroatoms. The van der Waals surface area contributed by atoms with Gasteiger partial charge in [-0.15, -0.1) is 0 Å². The highest BCUT2D eigenvalue weighted by Crippen LogP contribution is 2.30. The van der Waals surface area contributed by atoms with Crippen molar-refractivity contribution in [2.45, 2.75) is 38.3 Å². The normalized spacial score (nSPS) is 15.8. The smallest absolute Gasteiger partial charge is 0.342 e. The van der Waals surface area contributed by atoms with Crippen molar-refractivity contribution in [2.24, 2.45) is 5.92 Å². The average molecular weight is 266 g/mol. The van der Waals surface area contributed by atoms with Crippen molar-refractivity contribution >= 4 is 5.91 Å². The van der Waals surface area contributed by atoms with Crippen LogP contribution in [0.4, 0.5) is 13.2 Å². The Labute approximate surface area is 106 Å². The first-order valence-electron chi connectivity index (χ1n) is 6.41. The number of nitrogens with zero attached hydrogens (tertiary/aromatic N) is 1. The van der Waals surface area contributed by atoms with E-state index < -0.39 is 12.6 Å². The van der Waals surface area contributed by atoms with Gasteiger partial charge in [-0.3, -0.25) is 4.79 Å². The van der Waals surface area contributed by atoms with E-state index in [0.717, 1.165) is 12.8 Å². The van der Waals surface area contributed by atoms with Crippen LogP contribution in [0, 0.1) is 5.92 Å². The second-order valence-electron chi connectivity index (χ2n) is 4.86. The zero-order chi connectivity index (χ0) is 13.6. The molecular weight excluding hydrogens is 245 g/mol. The molecule has 0 bridgehead atoms. The molecule has 1 saturated carbocycles. The van der Waals surface area contributed by atoms with Crippen molar-refractivity contribution in [1.82, 2.24) is 10.2 Å². The van der Waals surface area contributed by atoms with Crippen LogP contribution in [0.1, 0.15) is 32.1 Å². The maximum absolute atomic E-state index is 12.2. The number of amides is 1. The van der Waals surface area contributed by atoms with Crippen LogP contribution in [0.2, 0.25) is 0 Å². The summed E-state index contributed by atoms with van der Waals surface area (Å²) in [6.07, 6.45) is -2.03. The van der Waals surface area contributed by atoms with Crippen molar-refractivity contribution in [2.75, 3.05) is 26.7 Å². The Kier molecular flexibility index (Phi) is 5.91. The maximum Gasteiger partial charge on any atom is 0.390 e. The number of alkyl halides is 3. The van der Waals surface area contributed by atoms with Crippen LogP contribution >= 0.6 is 0 Å². The number of carbonyl (C=O) groups is 1.